The van der Waals surface area contributed by atoms with Crippen molar-refractivity contribution in [2.24, 2.45) is 44.8 Å². The van der Waals surface area contributed by atoms with Crippen LogP contribution in [0.5, 0.6) is 0 Å². The summed E-state index contributed by atoms with van der Waals surface area (Å²) in [5.74, 6) is 5.01. The first-order chi connectivity index (χ1) is 47.2. The predicted octanol–water partition coefficient (Wildman–Crippen LogP) is 5.47. The predicted molar refractivity (Wildman–Crippen MR) is 381 cm³/mol. The minimum absolute atomic E-state index is 0.0170. The molecule has 5 heterocycles. The third-order valence-corrected chi connectivity index (χ3v) is 17.9. The van der Waals surface area contributed by atoms with Gasteiger partial charge in [-0.25, -0.2) is 9.36 Å². The number of aryl methyl sites for hydroxylation is 1. The Morgan fingerprint density at radius 2 is 1.04 bits per heavy atom. The highest BCUT2D eigenvalue weighted by molar-refractivity contribution is 5.81. The van der Waals surface area contributed by atoms with E-state index in [1.54, 1.807) is 9.36 Å². The van der Waals surface area contributed by atoms with Gasteiger partial charge in [-0.05, 0) is 76.0 Å². The number of carbonyl (C=O) groups is 4. The fourth-order valence-electron chi connectivity index (χ4n) is 11.7. The van der Waals surface area contributed by atoms with E-state index in [2.05, 4.69) is 90.0 Å². The number of carbonyl (C=O) groups excluding carboxylic acids is 4. The molecule has 29 nitrogen and oxygen atoms in total. The molecule has 2 aliphatic rings. The van der Waals surface area contributed by atoms with Crippen LogP contribution in [0.25, 0.3) is 0 Å². The molecule has 3 aromatic rings. The zero-order valence-corrected chi connectivity index (χ0v) is 59.2. The lowest BCUT2D eigenvalue weighted by Crippen LogP contribution is -2.50. The molecule has 0 saturated carbocycles. The van der Waals surface area contributed by atoms with Gasteiger partial charge in [0.05, 0.1) is 44.4 Å². The molecule has 0 aromatic carbocycles. The Morgan fingerprint density at radius 1 is 0.557 bits per heavy atom. The summed E-state index contributed by atoms with van der Waals surface area (Å²) in [5, 5.41) is 26.9. The average molecular weight is 1360 g/mol. The van der Waals surface area contributed by atoms with E-state index in [-0.39, 0.29) is 48.1 Å². The highest BCUT2D eigenvalue weighted by Gasteiger charge is 2.29. The van der Waals surface area contributed by atoms with Crippen molar-refractivity contribution in [3.05, 3.63) is 23.8 Å². The van der Waals surface area contributed by atoms with Gasteiger partial charge in [-0.1, -0.05) is 134 Å². The maximum atomic E-state index is 13.4. The SMILES string of the molecule is C#CCOCCOCCOCCNc1nc(N2CCN(C(=O)CCCCCCCCCCNC(=O)[C@H]([C@@H](C)CC)n3cc(CCCCN=C(N)N)nn3)CC2)nc(N2CCN(C(=O)CCCCCCCCCCNC(=O)[C@H](CCCN=C(N)N)n3cc(C[C@@H](C)CC)nn3)CC2)n1. The van der Waals surface area contributed by atoms with Gasteiger partial charge in [0, 0.05) is 110 Å². The van der Waals surface area contributed by atoms with Crippen molar-refractivity contribution in [2.45, 2.75) is 207 Å². The molecule has 0 bridgehead atoms. The van der Waals surface area contributed by atoms with Gasteiger partial charge in [-0.2, -0.15) is 15.0 Å². The fourth-order valence-corrected chi connectivity index (χ4v) is 11.7. The second-order valence-corrected chi connectivity index (χ2v) is 25.8. The van der Waals surface area contributed by atoms with E-state index in [1.165, 1.54) is 0 Å². The number of nitrogens with two attached hydrogens (primary N) is 4. The molecule has 0 aliphatic carbocycles. The van der Waals surface area contributed by atoms with Crippen molar-refractivity contribution in [3.63, 3.8) is 0 Å². The van der Waals surface area contributed by atoms with Gasteiger partial charge >= 0.3 is 0 Å². The third-order valence-electron chi connectivity index (χ3n) is 17.9. The van der Waals surface area contributed by atoms with Gasteiger partial charge in [-0.15, -0.1) is 16.6 Å². The van der Waals surface area contributed by atoms with Gasteiger partial charge in [0.25, 0.3) is 0 Å². The van der Waals surface area contributed by atoms with Crippen LogP contribution in [0.15, 0.2) is 22.4 Å². The van der Waals surface area contributed by atoms with Crippen LogP contribution < -0.4 is 48.7 Å². The largest absolute Gasteiger partial charge is 0.377 e. The Balaban J connectivity index is 0.959. The first-order valence-electron chi connectivity index (χ1n) is 36.4. The van der Waals surface area contributed by atoms with Crippen LogP contribution in [0.1, 0.15) is 205 Å². The number of nitrogens with zero attached hydrogens (tertiary/aromatic N) is 15. The molecule has 4 amide bonds. The van der Waals surface area contributed by atoms with Crippen LogP contribution in [-0.2, 0) is 46.2 Å². The molecule has 5 rings (SSSR count). The lowest BCUT2D eigenvalue weighted by atomic mass is 9.98. The van der Waals surface area contributed by atoms with Crippen LogP contribution in [0, 0.1) is 24.2 Å². The average Bonchev–Trinajstić information content (AvgIpc) is 1.85. The number of amides is 4. The summed E-state index contributed by atoms with van der Waals surface area (Å²) in [6.45, 7) is 18.4. The number of anilines is 3. The fraction of sp³-hybridized carbons (Fsp3) is 0.779. The van der Waals surface area contributed by atoms with E-state index in [0.29, 0.717) is 168 Å². The van der Waals surface area contributed by atoms with Crippen molar-refractivity contribution < 1.29 is 33.4 Å². The molecule has 2 fully saturated rings. The third kappa shape index (κ3) is 32.6. The molecule has 2 saturated heterocycles. The van der Waals surface area contributed by atoms with E-state index in [9.17, 15) is 19.2 Å². The molecule has 544 valence electrons. The van der Waals surface area contributed by atoms with Gasteiger partial charge in [0.15, 0.2) is 11.9 Å². The Labute approximate surface area is 577 Å². The first-order valence-corrected chi connectivity index (χ1v) is 36.4. The zero-order chi connectivity index (χ0) is 69.7. The summed E-state index contributed by atoms with van der Waals surface area (Å²) in [7, 11) is 0. The minimum atomic E-state index is -0.475. The number of aromatic nitrogens is 9. The monoisotopic (exact) mass is 1360 g/mol. The number of aliphatic imine (C=N–C) groups is 2. The van der Waals surface area contributed by atoms with Crippen molar-refractivity contribution in [1.29, 1.82) is 0 Å². The molecule has 0 unspecified atom stereocenters. The van der Waals surface area contributed by atoms with Crippen molar-refractivity contribution in [3.8, 4) is 12.3 Å². The molecule has 3 aromatic heterocycles. The number of ether oxygens (including phenoxy) is 3. The van der Waals surface area contributed by atoms with Crippen LogP contribution in [-0.4, -0.2) is 215 Å². The smallest absolute Gasteiger partial charge is 0.245 e. The van der Waals surface area contributed by atoms with E-state index in [0.717, 1.165) is 153 Å². The second-order valence-electron chi connectivity index (χ2n) is 25.8. The van der Waals surface area contributed by atoms with Gasteiger partial charge in [0.1, 0.15) is 18.7 Å². The highest BCUT2D eigenvalue weighted by atomic mass is 16.5. The van der Waals surface area contributed by atoms with Gasteiger partial charge in [-0.3, -0.25) is 29.2 Å². The number of nitrogens with one attached hydrogen (secondary N) is 3. The molecule has 11 N–H and O–H groups in total. The summed E-state index contributed by atoms with van der Waals surface area (Å²) in [4.78, 5) is 84.6. The van der Waals surface area contributed by atoms with Crippen molar-refractivity contribution >= 4 is 53.4 Å². The number of hydrogen-bond donors (Lipinski definition) is 7. The number of hydrogen-bond acceptors (Lipinski definition) is 19. The van der Waals surface area contributed by atoms with Crippen LogP contribution in [0.4, 0.5) is 17.8 Å². The summed E-state index contributed by atoms with van der Waals surface area (Å²) in [6.07, 6.45) is 33.0. The first kappa shape index (κ1) is 80.2. The molecule has 29 heteroatoms. The lowest BCUT2D eigenvalue weighted by molar-refractivity contribution is -0.132. The maximum absolute atomic E-state index is 13.4. The van der Waals surface area contributed by atoms with Crippen molar-refractivity contribution in [2.75, 3.05) is 140 Å². The molecular weight excluding hydrogens is 1240 g/mol. The normalized spacial score (nSPS) is 14.5. The van der Waals surface area contributed by atoms with E-state index in [4.69, 9.17) is 58.5 Å². The Hall–Kier alpha value is -7.45. The van der Waals surface area contributed by atoms with E-state index in [1.807, 2.05) is 22.2 Å². The molecule has 0 spiro atoms. The summed E-state index contributed by atoms with van der Waals surface area (Å²) >= 11 is 0. The second kappa shape index (κ2) is 48.3. The number of piperazine rings is 2. The Morgan fingerprint density at radius 3 is 1.58 bits per heavy atom. The quantitative estimate of drug-likeness (QED) is 0.0159. The Kier molecular flexibility index (Phi) is 39.9. The summed E-state index contributed by atoms with van der Waals surface area (Å²) < 4.78 is 20.0. The number of rotatable bonds is 53. The zero-order valence-electron chi connectivity index (χ0n) is 59.2. The van der Waals surface area contributed by atoms with E-state index < -0.39 is 12.1 Å². The number of unbranched alkanes of at least 4 members (excludes halogenated alkanes) is 15. The highest BCUT2D eigenvalue weighted by Crippen LogP contribution is 2.24. The molecule has 4 atom stereocenters. The van der Waals surface area contributed by atoms with E-state index >= 15 is 0 Å². The Bertz CT molecular complexity index is 2770. The van der Waals surface area contributed by atoms with Gasteiger partial charge < -0.3 is 72.7 Å². The molecular formula is C68H120N22O7. The summed E-state index contributed by atoms with van der Waals surface area (Å²) in [5.41, 5.74) is 23.6. The molecule has 97 heavy (non-hydrogen) atoms. The van der Waals surface area contributed by atoms with Gasteiger partial charge in [0.2, 0.25) is 41.5 Å². The standard InChI is InChI=1S/C68H120N22O7/c1-6-45-95-47-49-97-50-48-96-46-36-77-66-78-67(87-41-37-85(38-42-87)59(91)30-21-17-13-9-11-15-19-24-32-73-62(93)58(29-27-35-76-65(71)72)89-53-57(82-83-89)51-54(4)7-2)80-68(79-66)88-43-39-86(40-44-88)60(92)31-22-18-14-10-12-16-20-25-33-74-63(94)61(55(5)8-3)90-52-56(81-84-90)28-23-26-34-75-64(69)70/h1,52-55,58,61H,7-51H2,2-5H3,(H,73,93)(H,74,94)(H4,69,70,75)(H4,71,72,76)(H,77,78,79,80)/t54-,55-,58-,61-/m0/s1. The molecule has 0 radical (unpaired) electrons. The maximum Gasteiger partial charge on any atom is 0.245 e. The van der Waals surface area contributed by atoms with Crippen LogP contribution in [0.3, 0.4) is 0 Å². The minimum Gasteiger partial charge on any atom is -0.377 e. The number of terminal acetylenes is 1. The number of guanidine groups is 2. The van der Waals surface area contributed by atoms with Crippen molar-refractivity contribution in [1.82, 2.24) is 65.4 Å². The van der Waals surface area contributed by atoms with Crippen LogP contribution in [0.2, 0.25) is 0 Å². The topological polar surface area (TPSA) is 374 Å². The molecule has 2 aliphatic heterocycles. The van der Waals surface area contributed by atoms with Crippen LogP contribution >= 0.6 is 0 Å². The summed E-state index contributed by atoms with van der Waals surface area (Å²) in [6, 6.07) is -0.880. The lowest BCUT2D eigenvalue weighted by Gasteiger charge is -2.36.